The Hall–Kier alpha value is -3.71. The number of methoxy groups -OCH3 is 1. The van der Waals surface area contributed by atoms with Gasteiger partial charge in [-0.05, 0) is 18.2 Å². The maximum Gasteiger partial charge on any atom is 0.239 e. The first-order chi connectivity index (χ1) is 15.7. The van der Waals surface area contributed by atoms with Gasteiger partial charge in [-0.15, -0.1) is 0 Å². The van der Waals surface area contributed by atoms with Crippen LogP contribution >= 0.6 is 0 Å². The maximum atomic E-state index is 13.4. The van der Waals surface area contributed by atoms with Crippen molar-refractivity contribution in [2.45, 2.75) is 24.6 Å². The van der Waals surface area contributed by atoms with Crippen molar-refractivity contribution in [3.8, 4) is 45.8 Å². The van der Waals surface area contributed by atoms with Crippen LogP contribution in [0.25, 0.3) is 22.3 Å². The Morgan fingerprint density at radius 2 is 1.67 bits per heavy atom. The molecule has 4 rings (SSSR count). The number of phenolic OH excluding ortho intramolecular Hbond substituents is 4. The number of hydrogen-bond acceptors (Lipinski definition) is 12. The predicted molar refractivity (Wildman–Crippen MR) is 110 cm³/mol. The van der Waals surface area contributed by atoms with E-state index in [1.54, 1.807) is 0 Å². The molecule has 4 unspecified atom stereocenters. The van der Waals surface area contributed by atoms with Crippen LogP contribution in [0.5, 0.6) is 34.5 Å². The van der Waals surface area contributed by atoms with E-state index in [-0.39, 0.29) is 22.7 Å². The molecule has 33 heavy (non-hydrogen) atoms. The molecule has 0 aliphatic carbocycles. The summed E-state index contributed by atoms with van der Waals surface area (Å²) in [6.07, 6.45) is -5.97. The second-order valence-electron chi connectivity index (χ2n) is 7.27. The molecule has 0 radical (unpaired) electrons. The van der Waals surface area contributed by atoms with Crippen molar-refractivity contribution in [1.82, 2.24) is 0 Å². The van der Waals surface area contributed by atoms with Crippen LogP contribution in [0.15, 0.2) is 33.5 Å². The molecule has 1 aromatic heterocycles. The number of aliphatic hydroxyl groups is 3. The van der Waals surface area contributed by atoms with Crippen LogP contribution in [0.2, 0.25) is 0 Å². The predicted octanol–water partition coefficient (Wildman–Crippen LogP) is 0.109. The lowest BCUT2D eigenvalue weighted by molar-refractivity contribution is -0.117. The van der Waals surface area contributed by atoms with Gasteiger partial charge in [-0.1, -0.05) is 0 Å². The molecule has 0 spiro atoms. The lowest BCUT2D eigenvalue weighted by Crippen LogP contribution is -2.36. The summed E-state index contributed by atoms with van der Waals surface area (Å²) in [5.41, 5.74) is -1.29. The average molecular weight is 464 g/mol. The summed E-state index contributed by atoms with van der Waals surface area (Å²) in [6.45, 7) is -0.639. The van der Waals surface area contributed by atoms with Gasteiger partial charge in [0.15, 0.2) is 28.6 Å². The summed E-state index contributed by atoms with van der Waals surface area (Å²) in [6, 6.07) is 4.31. The molecule has 12 heteroatoms. The largest absolute Gasteiger partial charge is 0.507 e. The summed E-state index contributed by atoms with van der Waals surface area (Å²) >= 11 is 0. The van der Waals surface area contributed by atoms with Gasteiger partial charge >= 0.3 is 0 Å². The quantitative estimate of drug-likeness (QED) is 0.252. The third-order valence-electron chi connectivity index (χ3n) is 5.21. The van der Waals surface area contributed by atoms with E-state index in [9.17, 15) is 40.5 Å². The fraction of sp³-hybridized carbons (Fsp3) is 0.286. The molecule has 12 nitrogen and oxygen atoms in total. The van der Waals surface area contributed by atoms with Crippen LogP contribution in [0.3, 0.4) is 0 Å². The highest BCUT2D eigenvalue weighted by atomic mass is 16.7. The minimum absolute atomic E-state index is 0.0240. The van der Waals surface area contributed by atoms with Crippen molar-refractivity contribution in [1.29, 1.82) is 0 Å². The summed E-state index contributed by atoms with van der Waals surface area (Å²) in [7, 11) is 1.20. The molecule has 0 bridgehead atoms. The molecular weight excluding hydrogens is 444 g/mol. The Bertz CT molecular complexity index is 1270. The van der Waals surface area contributed by atoms with Crippen molar-refractivity contribution in [2.24, 2.45) is 0 Å². The van der Waals surface area contributed by atoms with Crippen LogP contribution in [0, 0.1) is 0 Å². The molecule has 0 amide bonds. The zero-order valence-electron chi connectivity index (χ0n) is 17.0. The molecule has 4 atom stereocenters. The van der Waals surface area contributed by atoms with Gasteiger partial charge < -0.3 is 54.4 Å². The summed E-state index contributed by atoms with van der Waals surface area (Å²) < 4.78 is 21.6. The van der Waals surface area contributed by atoms with E-state index in [2.05, 4.69) is 0 Å². The second-order valence-corrected chi connectivity index (χ2v) is 7.27. The highest BCUT2D eigenvalue weighted by Crippen LogP contribution is 2.44. The van der Waals surface area contributed by atoms with Crippen molar-refractivity contribution in [2.75, 3.05) is 13.7 Å². The van der Waals surface area contributed by atoms with Crippen molar-refractivity contribution >= 4 is 11.0 Å². The van der Waals surface area contributed by atoms with Crippen molar-refractivity contribution in [3.05, 3.63) is 34.5 Å². The van der Waals surface area contributed by atoms with E-state index in [4.69, 9.17) is 18.6 Å². The smallest absolute Gasteiger partial charge is 0.239 e. The van der Waals surface area contributed by atoms with E-state index in [1.165, 1.54) is 13.2 Å². The minimum Gasteiger partial charge on any atom is -0.507 e. The standard InChI is InChI=1S/C21H20O12/c1-30-18-11(26)5-10(25)13-15(28)20(33-21-16(29)14(27)12(6-22)31-21)17(32-19(13)18)7-2-3-8(23)9(24)4-7/h2-5,12,14,16,21-27,29H,6H2,1H3. The highest BCUT2D eigenvalue weighted by Gasteiger charge is 2.45. The molecule has 0 saturated carbocycles. The molecule has 1 aliphatic heterocycles. The highest BCUT2D eigenvalue weighted by molar-refractivity contribution is 5.93. The van der Waals surface area contributed by atoms with Crippen LogP contribution in [-0.4, -0.2) is 74.1 Å². The topological polar surface area (TPSA) is 200 Å². The Morgan fingerprint density at radius 1 is 0.939 bits per heavy atom. The third kappa shape index (κ3) is 3.64. The minimum atomic E-state index is -1.65. The lowest BCUT2D eigenvalue weighted by atomic mass is 10.1. The third-order valence-corrected chi connectivity index (χ3v) is 5.21. The van der Waals surface area contributed by atoms with E-state index in [0.717, 1.165) is 18.2 Å². The second kappa shape index (κ2) is 8.33. The molecule has 1 saturated heterocycles. The van der Waals surface area contributed by atoms with Gasteiger partial charge in [0, 0.05) is 11.6 Å². The SMILES string of the molecule is COc1c(O)cc(O)c2c(=O)c(OC3OC(CO)C(O)C3O)c(-c3ccc(O)c(O)c3)oc12. The Labute approximate surface area is 184 Å². The number of benzene rings is 2. The Morgan fingerprint density at radius 3 is 2.27 bits per heavy atom. The summed E-state index contributed by atoms with van der Waals surface area (Å²) in [4.78, 5) is 13.4. The molecule has 1 aliphatic rings. The van der Waals surface area contributed by atoms with Gasteiger partial charge in [0.25, 0.3) is 0 Å². The zero-order valence-corrected chi connectivity index (χ0v) is 17.0. The molecule has 176 valence electrons. The first-order valence-corrected chi connectivity index (χ1v) is 9.59. The van der Waals surface area contributed by atoms with Crippen LogP contribution in [-0.2, 0) is 4.74 Å². The maximum absolute atomic E-state index is 13.4. The van der Waals surface area contributed by atoms with Gasteiger partial charge in [0.2, 0.25) is 23.2 Å². The number of aromatic hydroxyl groups is 4. The van der Waals surface area contributed by atoms with Gasteiger partial charge in [-0.25, -0.2) is 0 Å². The number of hydrogen-bond donors (Lipinski definition) is 7. The molecule has 2 heterocycles. The van der Waals surface area contributed by atoms with Crippen LogP contribution in [0.4, 0.5) is 0 Å². The van der Waals surface area contributed by atoms with Crippen molar-refractivity contribution in [3.63, 3.8) is 0 Å². The molecule has 7 N–H and O–H groups in total. The molecule has 3 aromatic rings. The number of fused-ring (bicyclic) bond motifs is 1. The fourth-order valence-corrected chi connectivity index (χ4v) is 3.53. The Kier molecular flexibility index (Phi) is 5.68. The van der Waals surface area contributed by atoms with Crippen LogP contribution in [0.1, 0.15) is 0 Å². The van der Waals surface area contributed by atoms with E-state index in [1.807, 2.05) is 0 Å². The number of phenols is 4. The van der Waals surface area contributed by atoms with Gasteiger partial charge in [0.05, 0.1) is 13.7 Å². The molecular formula is C21H20O12. The van der Waals surface area contributed by atoms with E-state index < -0.39 is 70.8 Å². The summed E-state index contributed by atoms with van der Waals surface area (Å²) in [5, 5.41) is 69.0. The van der Waals surface area contributed by atoms with E-state index >= 15 is 0 Å². The molecule has 2 aromatic carbocycles. The first-order valence-electron chi connectivity index (χ1n) is 9.59. The Balaban J connectivity index is 1.98. The number of ether oxygens (including phenoxy) is 3. The monoisotopic (exact) mass is 464 g/mol. The number of aliphatic hydroxyl groups excluding tert-OH is 3. The first kappa shape index (κ1) is 22.5. The number of rotatable bonds is 5. The normalized spacial score (nSPS) is 22.5. The lowest BCUT2D eigenvalue weighted by Gasteiger charge is -2.19. The van der Waals surface area contributed by atoms with Gasteiger partial charge in [-0.2, -0.15) is 0 Å². The average Bonchev–Trinajstić information content (AvgIpc) is 3.05. The van der Waals surface area contributed by atoms with E-state index in [0.29, 0.717) is 0 Å². The van der Waals surface area contributed by atoms with Gasteiger partial charge in [-0.3, -0.25) is 4.79 Å². The van der Waals surface area contributed by atoms with Crippen molar-refractivity contribution < 1.29 is 54.4 Å². The molecule has 1 fully saturated rings. The van der Waals surface area contributed by atoms with Crippen LogP contribution < -0.4 is 14.9 Å². The summed E-state index contributed by atoms with van der Waals surface area (Å²) in [5.74, 6) is -3.41. The van der Waals surface area contributed by atoms with Gasteiger partial charge in [0.1, 0.15) is 29.4 Å². The fourth-order valence-electron chi connectivity index (χ4n) is 3.53. The zero-order chi connectivity index (χ0) is 24.0.